The first-order chi connectivity index (χ1) is 10.1. The molecule has 0 amide bonds. The number of nitrogens with zero attached hydrogens (tertiary/aromatic N) is 5. The van der Waals surface area contributed by atoms with Crippen LogP contribution < -0.4 is 0 Å². The molecule has 0 fully saturated rings. The van der Waals surface area contributed by atoms with Crippen LogP contribution in [0.4, 0.5) is 0 Å². The summed E-state index contributed by atoms with van der Waals surface area (Å²) < 4.78 is 3.85. The molecule has 0 radical (unpaired) electrons. The van der Waals surface area contributed by atoms with Crippen molar-refractivity contribution in [3.8, 4) is 6.07 Å². The Morgan fingerprint density at radius 1 is 1.38 bits per heavy atom. The summed E-state index contributed by atoms with van der Waals surface area (Å²) in [6, 6.07) is 7.78. The molecule has 21 heavy (non-hydrogen) atoms. The highest BCUT2D eigenvalue weighted by Crippen LogP contribution is 2.22. The van der Waals surface area contributed by atoms with Crippen LogP contribution in [0.2, 0.25) is 0 Å². The number of para-hydroxylation sites is 1. The van der Waals surface area contributed by atoms with Crippen molar-refractivity contribution in [2.75, 3.05) is 0 Å². The fourth-order valence-corrected chi connectivity index (χ4v) is 2.74. The summed E-state index contributed by atoms with van der Waals surface area (Å²) in [6.45, 7) is 2.63. The standard InChI is InChI=1S/C15H14ClN5/c1-10-12(8-20(2)19-10)9-21-13-5-3-4-11(7-17)15(13)18-14(21)6-16/h3-5,8H,6,9H2,1-2H3. The average molecular weight is 300 g/mol. The van der Waals surface area contributed by atoms with Gasteiger partial charge in [-0.05, 0) is 19.1 Å². The molecule has 2 heterocycles. The Morgan fingerprint density at radius 2 is 2.19 bits per heavy atom. The predicted octanol–water partition coefficient (Wildman–Crippen LogP) is 2.74. The first kappa shape index (κ1) is 13.7. The van der Waals surface area contributed by atoms with Gasteiger partial charge in [-0.2, -0.15) is 10.4 Å². The smallest absolute Gasteiger partial charge is 0.125 e. The van der Waals surface area contributed by atoms with Crippen molar-refractivity contribution < 1.29 is 0 Å². The number of nitriles is 1. The minimum absolute atomic E-state index is 0.304. The lowest BCUT2D eigenvalue weighted by molar-refractivity contribution is 0.754. The Labute approximate surface area is 127 Å². The number of rotatable bonds is 3. The zero-order valence-corrected chi connectivity index (χ0v) is 12.6. The van der Waals surface area contributed by atoms with Crippen LogP contribution >= 0.6 is 11.6 Å². The summed E-state index contributed by atoms with van der Waals surface area (Å²) in [5.41, 5.74) is 4.30. The molecule has 0 bridgehead atoms. The molecule has 0 unspecified atom stereocenters. The van der Waals surface area contributed by atoms with Gasteiger partial charge in [-0.25, -0.2) is 4.98 Å². The maximum absolute atomic E-state index is 9.20. The van der Waals surface area contributed by atoms with E-state index in [0.29, 0.717) is 23.5 Å². The maximum Gasteiger partial charge on any atom is 0.125 e. The van der Waals surface area contributed by atoms with Gasteiger partial charge < -0.3 is 4.57 Å². The van der Waals surface area contributed by atoms with Crippen molar-refractivity contribution in [3.05, 3.63) is 47.0 Å². The van der Waals surface area contributed by atoms with Crippen molar-refractivity contribution in [1.82, 2.24) is 19.3 Å². The van der Waals surface area contributed by atoms with Gasteiger partial charge in [0.2, 0.25) is 0 Å². The Hall–Kier alpha value is -2.32. The molecule has 3 aromatic rings. The molecule has 0 spiro atoms. The van der Waals surface area contributed by atoms with Gasteiger partial charge >= 0.3 is 0 Å². The summed E-state index contributed by atoms with van der Waals surface area (Å²) in [5, 5.41) is 13.6. The molecule has 1 aromatic carbocycles. The molecule has 0 aliphatic carbocycles. The lowest BCUT2D eigenvalue weighted by Crippen LogP contribution is -2.04. The van der Waals surface area contributed by atoms with Gasteiger partial charge in [-0.1, -0.05) is 6.07 Å². The number of benzene rings is 1. The summed E-state index contributed by atoms with van der Waals surface area (Å²) >= 11 is 6.02. The molecule has 0 aliphatic heterocycles. The second-order valence-corrected chi connectivity index (χ2v) is 5.21. The van der Waals surface area contributed by atoms with Gasteiger partial charge in [-0.15, -0.1) is 11.6 Å². The number of alkyl halides is 1. The molecule has 2 aromatic heterocycles. The van der Waals surface area contributed by atoms with Crippen LogP contribution in [-0.4, -0.2) is 19.3 Å². The molecular weight excluding hydrogens is 286 g/mol. The van der Waals surface area contributed by atoms with E-state index in [4.69, 9.17) is 11.6 Å². The number of hydrogen-bond donors (Lipinski definition) is 0. The minimum Gasteiger partial charge on any atom is -0.322 e. The van der Waals surface area contributed by atoms with E-state index in [0.717, 1.165) is 22.6 Å². The van der Waals surface area contributed by atoms with Crippen LogP contribution in [0.15, 0.2) is 24.4 Å². The van der Waals surface area contributed by atoms with Crippen LogP contribution in [0.3, 0.4) is 0 Å². The monoisotopic (exact) mass is 299 g/mol. The second-order valence-electron chi connectivity index (χ2n) is 4.95. The van der Waals surface area contributed by atoms with Crippen LogP contribution in [0.25, 0.3) is 11.0 Å². The highest BCUT2D eigenvalue weighted by molar-refractivity contribution is 6.16. The Morgan fingerprint density at radius 3 is 2.81 bits per heavy atom. The van der Waals surface area contributed by atoms with Crippen LogP contribution in [0.5, 0.6) is 0 Å². The van der Waals surface area contributed by atoms with E-state index < -0.39 is 0 Å². The third-order valence-corrected chi connectivity index (χ3v) is 3.78. The minimum atomic E-state index is 0.304. The number of halogens is 1. The molecule has 5 nitrogen and oxygen atoms in total. The molecule has 0 atom stereocenters. The second kappa shape index (κ2) is 5.23. The quantitative estimate of drug-likeness (QED) is 0.699. The SMILES string of the molecule is Cc1nn(C)cc1Cn1c(CCl)nc2c(C#N)cccc21. The fraction of sp³-hybridized carbons (Fsp3) is 0.267. The van der Waals surface area contributed by atoms with E-state index in [1.807, 2.05) is 36.9 Å². The molecule has 0 saturated carbocycles. The van der Waals surface area contributed by atoms with Crippen LogP contribution in [0, 0.1) is 18.3 Å². The van der Waals surface area contributed by atoms with Gasteiger partial charge in [0.15, 0.2) is 0 Å². The van der Waals surface area contributed by atoms with E-state index in [1.165, 1.54) is 0 Å². The topological polar surface area (TPSA) is 59.4 Å². The number of fused-ring (bicyclic) bond motifs is 1. The predicted molar refractivity (Wildman–Crippen MR) is 81.1 cm³/mol. The van der Waals surface area contributed by atoms with Crippen molar-refractivity contribution in [1.29, 1.82) is 5.26 Å². The number of aromatic nitrogens is 4. The van der Waals surface area contributed by atoms with Crippen molar-refractivity contribution in [3.63, 3.8) is 0 Å². The number of imidazole rings is 1. The summed E-state index contributed by atoms with van der Waals surface area (Å²) in [5.74, 6) is 1.07. The summed E-state index contributed by atoms with van der Waals surface area (Å²) in [7, 11) is 1.90. The molecule has 3 rings (SSSR count). The third kappa shape index (κ3) is 2.28. The van der Waals surface area contributed by atoms with Crippen LogP contribution in [-0.2, 0) is 19.5 Å². The Kier molecular flexibility index (Phi) is 3.40. The van der Waals surface area contributed by atoms with Gasteiger partial charge in [0, 0.05) is 18.8 Å². The van der Waals surface area contributed by atoms with E-state index >= 15 is 0 Å². The molecule has 0 aliphatic rings. The van der Waals surface area contributed by atoms with Gasteiger partial charge in [0.25, 0.3) is 0 Å². The zero-order valence-electron chi connectivity index (χ0n) is 11.8. The summed E-state index contributed by atoms with van der Waals surface area (Å²) in [6.07, 6.45) is 1.99. The molecule has 0 saturated heterocycles. The number of hydrogen-bond acceptors (Lipinski definition) is 3. The molecule has 0 N–H and O–H groups in total. The molecule has 106 valence electrons. The fourth-order valence-electron chi connectivity index (χ4n) is 2.54. The van der Waals surface area contributed by atoms with E-state index in [9.17, 15) is 5.26 Å². The van der Waals surface area contributed by atoms with Crippen molar-refractivity contribution in [2.45, 2.75) is 19.3 Å². The van der Waals surface area contributed by atoms with Crippen LogP contribution in [0.1, 0.15) is 22.6 Å². The first-order valence-corrected chi connectivity index (χ1v) is 7.10. The Bertz CT molecular complexity index is 853. The van der Waals surface area contributed by atoms with E-state index in [1.54, 1.807) is 10.7 Å². The van der Waals surface area contributed by atoms with Gasteiger partial charge in [-0.3, -0.25) is 4.68 Å². The molecular formula is C15H14ClN5. The largest absolute Gasteiger partial charge is 0.322 e. The van der Waals surface area contributed by atoms with Gasteiger partial charge in [0.1, 0.15) is 17.4 Å². The normalized spacial score (nSPS) is 11.0. The average Bonchev–Trinajstić information content (AvgIpc) is 2.99. The first-order valence-electron chi connectivity index (χ1n) is 6.57. The number of aryl methyl sites for hydroxylation is 2. The summed E-state index contributed by atoms with van der Waals surface area (Å²) in [4.78, 5) is 4.52. The lowest BCUT2D eigenvalue weighted by atomic mass is 10.2. The van der Waals surface area contributed by atoms with E-state index in [2.05, 4.69) is 16.2 Å². The highest BCUT2D eigenvalue weighted by Gasteiger charge is 2.14. The maximum atomic E-state index is 9.20. The molecule has 6 heteroatoms. The van der Waals surface area contributed by atoms with E-state index in [-0.39, 0.29) is 0 Å². The van der Waals surface area contributed by atoms with Crippen molar-refractivity contribution >= 4 is 22.6 Å². The lowest BCUT2D eigenvalue weighted by Gasteiger charge is -2.06. The highest BCUT2D eigenvalue weighted by atomic mass is 35.5. The van der Waals surface area contributed by atoms with Gasteiger partial charge in [0.05, 0.1) is 29.2 Å². The Balaban J connectivity index is 2.17. The zero-order chi connectivity index (χ0) is 15.0. The third-order valence-electron chi connectivity index (χ3n) is 3.54. The van der Waals surface area contributed by atoms with Crippen molar-refractivity contribution in [2.24, 2.45) is 7.05 Å².